The predicted octanol–water partition coefficient (Wildman–Crippen LogP) is 3.68. The molecule has 0 aliphatic rings. The molecule has 0 amide bonds. The first-order chi connectivity index (χ1) is 7.91. The van der Waals surface area contributed by atoms with E-state index in [0.717, 1.165) is 12.8 Å². The molecule has 0 aliphatic carbocycles. The van der Waals surface area contributed by atoms with E-state index in [4.69, 9.17) is 10.5 Å². The van der Waals surface area contributed by atoms with Crippen molar-refractivity contribution in [3.8, 4) is 0 Å². The van der Waals surface area contributed by atoms with Crippen LogP contribution >= 0.6 is 0 Å². The standard InChI is InChI=1S/C15H29NO/c1-13(9-11-15(3,4)17-5)7-6-8-14(2)10-12-16/h6,8,10,13H,7,9,11-12,16H2,1-5H3. The Bertz CT molecular complexity index is 254. The third-order valence-electron chi connectivity index (χ3n) is 3.15. The van der Waals surface area contributed by atoms with Crippen molar-refractivity contribution in [3.05, 3.63) is 23.8 Å². The van der Waals surface area contributed by atoms with E-state index in [2.05, 4.69) is 39.8 Å². The SMILES string of the molecule is COC(C)(C)CCC(C)CC=CC(C)=CCN. The Kier molecular flexibility index (Phi) is 8.19. The molecule has 0 spiro atoms. The molecular formula is C15H29NO. The smallest absolute Gasteiger partial charge is 0.0622 e. The quantitative estimate of drug-likeness (QED) is 0.656. The van der Waals surface area contributed by atoms with E-state index in [0.29, 0.717) is 12.5 Å². The summed E-state index contributed by atoms with van der Waals surface area (Å²) in [7, 11) is 1.78. The fourth-order valence-corrected chi connectivity index (χ4v) is 1.55. The van der Waals surface area contributed by atoms with Crippen LogP contribution in [0.1, 0.15) is 47.0 Å². The van der Waals surface area contributed by atoms with Gasteiger partial charge in [-0.25, -0.2) is 0 Å². The Morgan fingerprint density at radius 3 is 2.59 bits per heavy atom. The molecule has 1 atom stereocenters. The van der Waals surface area contributed by atoms with E-state index < -0.39 is 0 Å². The molecule has 1 unspecified atom stereocenters. The second kappa shape index (κ2) is 8.48. The van der Waals surface area contributed by atoms with Crippen molar-refractivity contribution >= 4 is 0 Å². The van der Waals surface area contributed by atoms with Gasteiger partial charge in [0.25, 0.3) is 0 Å². The maximum atomic E-state index is 5.45. The molecule has 2 heteroatoms. The molecule has 0 bridgehead atoms. The van der Waals surface area contributed by atoms with Crippen LogP contribution in [-0.4, -0.2) is 19.3 Å². The molecule has 0 rings (SSSR count). The Morgan fingerprint density at radius 2 is 2.06 bits per heavy atom. The van der Waals surface area contributed by atoms with E-state index in [9.17, 15) is 0 Å². The number of methoxy groups -OCH3 is 1. The van der Waals surface area contributed by atoms with Gasteiger partial charge in [-0.2, -0.15) is 0 Å². The van der Waals surface area contributed by atoms with Gasteiger partial charge in [-0.1, -0.05) is 30.7 Å². The first kappa shape index (κ1) is 16.4. The zero-order valence-corrected chi connectivity index (χ0v) is 12.1. The van der Waals surface area contributed by atoms with Crippen molar-refractivity contribution in [1.82, 2.24) is 0 Å². The van der Waals surface area contributed by atoms with Crippen LogP contribution in [0.3, 0.4) is 0 Å². The minimum absolute atomic E-state index is 0.00728. The molecule has 0 heterocycles. The minimum atomic E-state index is 0.00728. The van der Waals surface area contributed by atoms with Gasteiger partial charge in [-0.3, -0.25) is 0 Å². The molecule has 0 saturated carbocycles. The lowest BCUT2D eigenvalue weighted by Crippen LogP contribution is -2.22. The van der Waals surface area contributed by atoms with E-state index in [1.165, 1.54) is 12.0 Å². The Morgan fingerprint density at radius 1 is 1.41 bits per heavy atom. The van der Waals surface area contributed by atoms with E-state index >= 15 is 0 Å². The Balaban J connectivity index is 3.88. The van der Waals surface area contributed by atoms with Gasteiger partial charge in [0.2, 0.25) is 0 Å². The van der Waals surface area contributed by atoms with Crippen LogP contribution in [0.15, 0.2) is 23.8 Å². The largest absolute Gasteiger partial charge is 0.379 e. The number of rotatable bonds is 8. The number of ether oxygens (including phenoxy) is 1. The lowest BCUT2D eigenvalue weighted by Gasteiger charge is -2.24. The Hall–Kier alpha value is -0.600. The molecule has 0 saturated heterocycles. The first-order valence-corrected chi connectivity index (χ1v) is 6.50. The Labute approximate surface area is 107 Å². The molecule has 100 valence electrons. The lowest BCUT2D eigenvalue weighted by atomic mass is 9.94. The molecule has 0 radical (unpaired) electrons. The summed E-state index contributed by atoms with van der Waals surface area (Å²) in [5, 5.41) is 0. The molecule has 0 aromatic heterocycles. The molecular weight excluding hydrogens is 210 g/mol. The summed E-state index contributed by atoms with van der Waals surface area (Å²) >= 11 is 0. The van der Waals surface area contributed by atoms with E-state index in [1.807, 2.05) is 6.08 Å². The highest BCUT2D eigenvalue weighted by molar-refractivity contribution is 5.16. The highest BCUT2D eigenvalue weighted by atomic mass is 16.5. The van der Waals surface area contributed by atoms with Crippen molar-refractivity contribution in [2.75, 3.05) is 13.7 Å². The van der Waals surface area contributed by atoms with Gasteiger partial charge in [0, 0.05) is 13.7 Å². The number of hydrogen-bond donors (Lipinski definition) is 1. The van der Waals surface area contributed by atoms with Crippen LogP contribution in [0.25, 0.3) is 0 Å². The van der Waals surface area contributed by atoms with Gasteiger partial charge >= 0.3 is 0 Å². The molecule has 0 aliphatic heterocycles. The summed E-state index contributed by atoms with van der Waals surface area (Å²) in [4.78, 5) is 0. The van der Waals surface area contributed by atoms with Crippen molar-refractivity contribution in [2.24, 2.45) is 11.7 Å². The van der Waals surface area contributed by atoms with E-state index in [1.54, 1.807) is 7.11 Å². The second-order valence-corrected chi connectivity index (χ2v) is 5.43. The molecule has 2 N–H and O–H groups in total. The zero-order chi connectivity index (χ0) is 13.3. The maximum absolute atomic E-state index is 5.45. The lowest BCUT2D eigenvalue weighted by molar-refractivity contribution is 0.0109. The van der Waals surface area contributed by atoms with Gasteiger partial charge in [0.1, 0.15) is 0 Å². The van der Waals surface area contributed by atoms with Crippen molar-refractivity contribution in [2.45, 2.75) is 52.6 Å². The van der Waals surface area contributed by atoms with Gasteiger partial charge in [-0.15, -0.1) is 0 Å². The number of allylic oxidation sites excluding steroid dienone is 3. The summed E-state index contributed by atoms with van der Waals surface area (Å²) in [5.74, 6) is 0.700. The third-order valence-corrected chi connectivity index (χ3v) is 3.15. The second-order valence-electron chi connectivity index (χ2n) is 5.43. The third kappa shape index (κ3) is 9.13. The van der Waals surface area contributed by atoms with Crippen LogP contribution in [0.5, 0.6) is 0 Å². The normalized spacial score (nSPS) is 15.5. The predicted molar refractivity (Wildman–Crippen MR) is 76.1 cm³/mol. The molecule has 2 nitrogen and oxygen atoms in total. The average molecular weight is 239 g/mol. The number of hydrogen-bond acceptors (Lipinski definition) is 2. The summed E-state index contributed by atoms with van der Waals surface area (Å²) in [6, 6.07) is 0. The molecule has 17 heavy (non-hydrogen) atoms. The summed E-state index contributed by atoms with van der Waals surface area (Å²) < 4.78 is 5.42. The van der Waals surface area contributed by atoms with Crippen LogP contribution in [0.4, 0.5) is 0 Å². The van der Waals surface area contributed by atoms with Gasteiger partial charge in [0.05, 0.1) is 5.60 Å². The van der Waals surface area contributed by atoms with Crippen molar-refractivity contribution < 1.29 is 4.74 Å². The number of nitrogens with two attached hydrogens (primary N) is 1. The van der Waals surface area contributed by atoms with Gasteiger partial charge in [-0.05, 0) is 46.0 Å². The van der Waals surface area contributed by atoms with Gasteiger partial charge in [0.15, 0.2) is 0 Å². The molecule has 0 aromatic rings. The fourth-order valence-electron chi connectivity index (χ4n) is 1.55. The van der Waals surface area contributed by atoms with Crippen LogP contribution in [-0.2, 0) is 4.74 Å². The maximum Gasteiger partial charge on any atom is 0.0622 e. The van der Waals surface area contributed by atoms with Crippen molar-refractivity contribution in [3.63, 3.8) is 0 Å². The zero-order valence-electron chi connectivity index (χ0n) is 12.1. The highest BCUT2D eigenvalue weighted by Crippen LogP contribution is 2.21. The first-order valence-electron chi connectivity index (χ1n) is 6.50. The molecule has 0 fully saturated rings. The minimum Gasteiger partial charge on any atom is -0.379 e. The summed E-state index contributed by atoms with van der Waals surface area (Å²) in [6.07, 6.45) is 9.86. The summed E-state index contributed by atoms with van der Waals surface area (Å²) in [6.45, 7) is 9.28. The average Bonchev–Trinajstić information content (AvgIpc) is 2.27. The summed E-state index contributed by atoms with van der Waals surface area (Å²) in [5.41, 5.74) is 6.70. The topological polar surface area (TPSA) is 35.2 Å². The monoisotopic (exact) mass is 239 g/mol. The van der Waals surface area contributed by atoms with Crippen LogP contribution in [0.2, 0.25) is 0 Å². The van der Waals surface area contributed by atoms with Crippen molar-refractivity contribution in [1.29, 1.82) is 0 Å². The van der Waals surface area contributed by atoms with Crippen LogP contribution < -0.4 is 5.73 Å². The highest BCUT2D eigenvalue weighted by Gasteiger charge is 2.16. The molecule has 0 aromatic carbocycles. The fraction of sp³-hybridized carbons (Fsp3) is 0.733. The van der Waals surface area contributed by atoms with Crippen LogP contribution in [0, 0.1) is 5.92 Å². The van der Waals surface area contributed by atoms with E-state index in [-0.39, 0.29) is 5.60 Å². The van der Waals surface area contributed by atoms with Gasteiger partial charge < -0.3 is 10.5 Å².